The molecule has 0 bridgehead atoms. The van der Waals surface area contributed by atoms with Gasteiger partial charge in [-0.15, -0.1) is 13.2 Å². The van der Waals surface area contributed by atoms with Crippen LogP contribution in [-0.4, -0.2) is 24.0 Å². The molecule has 1 N–H and O–H groups in total. The van der Waals surface area contributed by atoms with Crippen LogP contribution in [0.25, 0.3) is 0 Å². The molecule has 0 saturated heterocycles. The molecule has 2 aromatic rings. The maximum absolute atomic E-state index is 12.4. The number of hydrogen-bond donors (Lipinski definition) is 1. The van der Waals surface area contributed by atoms with Crippen LogP contribution in [-0.2, 0) is 4.79 Å². The summed E-state index contributed by atoms with van der Waals surface area (Å²) in [6, 6.07) is 13.7. The molecule has 7 heteroatoms. The Bertz CT molecular complexity index is 938. The van der Waals surface area contributed by atoms with Crippen molar-refractivity contribution in [3.05, 3.63) is 59.7 Å². The summed E-state index contributed by atoms with van der Waals surface area (Å²) < 4.78 is 47.3. The van der Waals surface area contributed by atoms with E-state index in [1.54, 1.807) is 13.0 Å². The smallest absolute Gasteiger partial charge is 0.493 e. The number of aliphatic carboxylic acids is 1. The molecule has 166 valence electrons. The van der Waals surface area contributed by atoms with Gasteiger partial charge in [-0.2, -0.15) is 0 Å². The predicted octanol–water partition coefficient (Wildman–Crippen LogP) is 5.98. The van der Waals surface area contributed by atoms with Crippen molar-refractivity contribution < 1.29 is 32.5 Å². The van der Waals surface area contributed by atoms with Crippen molar-refractivity contribution in [1.82, 2.24) is 0 Å². The molecule has 0 aromatic heterocycles. The Kier molecular flexibility index (Phi) is 5.86. The van der Waals surface area contributed by atoms with Gasteiger partial charge in [-0.1, -0.05) is 31.2 Å². The standard InChI is InChI=1S/C24H25F3O4/c1-14(23(28)29)22(15-8-9-15)17-5-3-6-19(11-17)30-13-18-12-21(18)16-4-2-7-20(10-16)31-24(25,26)27/h2-7,10-11,14-15,18,21-22H,8-9,12-13H2,1H3,(H,28,29)/t14-,18+,21+,22?/m0/s1. The third kappa shape index (κ3) is 5.51. The molecule has 2 aliphatic rings. The van der Waals surface area contributed by atoms with Crippen LogP contribution >= 0.6 is 0 Å². The fourth-order valence-corrected chi connectivity index (χ4v) is 4.38. The molecule has 0 radical (unpaired) electrons. The van der Waals surface area contributed by atoms with Gasteiger partial charge in [0.2, 0.25) is 0 Å². The number of rotatable bonds is 9. The van der Waals surface area contributed by atoms with Gasteiger partial charge in [-0.25, -0.2) is 0 Å². The molecule has 1 unspecified atom stereocenters. The fourth-order valence-electron chi connectivity index (χ4n) is 4.38. The van der Waals surface area contributed by atoms with Crippen molar-refractivity contribution in [3.8, 4) is 11.5 Å². The van der Waals surface area contributed by atoms with Gasteiger partial charge in [0.25, 0.3) is 0 Å². The first-order valence-electron chi connectivity index (χ1n) is 10.5. The van der Waals surface area contributed by atoms with Crippen molar-refractivity contribution in [2.24, 2.45) is 17.8 Å². The maximum Gasteiger partial charge on any atom is 0.573 e. The molecule has 4 atom stereocenters. The summed E-state index contributed by atoms with van der Waals surface area (Å²) in [6.45, 7) is 2.21. The average molecular weight is 434 g/mol. The Balaban J connectivity index is 1.36. The van der Waals surface area contributed by atoms with Crippen LogP contribution in [0.3, 0.4) is 0 Å². The summed E-state index contributed by atoms with van der Waals surface area (Å²) >= 11 is 0. The molecular formula is C24H25F3O4. The number of halogens is 3. The highest BCUT2D eigenvalue weighted by molar-refractivity contribution is 5.71. The Morgan fingerprint density at radius 1 is 1.13 bits per heavy atom. The normalized spacial score (nSPS) is 22.5. The lowest BCUT2D eigenvalue weighted by Gasteiger charge is -2.21. The van der Waals surface area contributed by atoms with E-state index in [-0.39, 0.29) is 23.5 Å². The minimum atomic E-state index is -4.70. The van der Waals surface area contributed by atoms with Gasteiger partial charge in [0.15, 0.2) is 0 Å². The SMILES string of the molecule is C[C@H](C(=O)O)C(c1cccc(OC[C@H]2C[C@@H]2c2cccc(OC(F)(F)F)c2)c1)C1CC1. The van der Waals surface area contributed by atoms with Crippen LogP contribution in [0.4, 0.5) is 13.2 Å². The summed E-state index contributed by atoms with van der Waals surface area (Å²) in [5.74, 6) is -0.00866. The quantitative estimate of drug-likeness (QED) is 0.527. The topological polar surface area (TPSA) is 55.8 Å². The van der Waals surface area contributed by atoms with Crippen LogP contribution in [0, 0.1) is 17.8 Å². The first-order valence-corrected chi connectivity index (χ1v) is 10.5. The lowest BCUT2D eigenvalue weighted by molar-refractivity contribution is -0.274. The molecule has 0 heterocycles. The largest absolute Gasteiger partial charge is 0.573 e. The highest BCUT2D eigenvalue weighted by Gasteiger charge is 2.40. The molecule has 2 fully saturated rings. The minimum Gasteiger partial charge on any atom is -0.493 e. The zero-order chi connectivity index (χ0) is 22.2. The number of carboxylic acids is 1. The van der Waals surface area contributed by atoms with Gasteiger partial charge in [0, 0.05) is 5.92 Å². The molecular weight excluding hydrogens is 409 g/mol. The van der Waals surface area contributed by atoms with Crippen molar-refractivity contribution >= 4 is 5.97 Å². The summed E-state index contributed by atoms with van der Waals surface area (Å²) in [6.07, 6.45) is -1.76. The third-order valence-corrected chi connectivity index (χ3v) is 6.21. The summed E-state index contributed by atoms with van der Waals surface area (Å²) in [5.41, 5.74) is 1.80. The van der Waals surface area contributed by atoms with E-state index in [1.807, 2.05) is 30.3 Å². The van der Waals surface area contributed by atoms with E-state index in [2.05, 4.69) is 4.74 Å². The van der Waals surface area contributed by atoms with E-state index in [0.717, 1.165) is 30.4 Å². The van der Waals surface area contributed by atoms with Gasteiger partial charge in [0.05, 0.1) is 12.5 Å². The van der Waals surface area contributed by atoms with E-state index >= 15 is 0 Å². The molecule has 0 amide bonds. The number of ether oxygens (including phenoxy) is 2. The Morgan fingerprint density at radius 3 is 2.52 bits per heavy atom. The molecule has 4 rings (SSSR count). The number of alkyl halides is 3. The second-order valence-corrected chi connectivity index (χ2v) is 8.60. The highest BCUT2D eigenvalue weighted by atomic mass is 19.4. The van der Waals surface area contributed by atoms with Gasteiger partial charge in [-0.05, 0) is 72.4 Å². The van der Waals surface area contributed by atoms with Gasteiger partial charge < -0.3 is 14.6 Å². The zero-order valence-corrected chi connectivity index (χ0v) is 17.1. The first kappa shape index (κ1) is 21.5. The van der Waals surface area contributed by atoms with Crippen LogP contribution in [0.15, 0.2) is 48.5 Å². The summed E-state index contributed by atoms with van der Waals surface area (Å²) in [5, 5.41) is 9.46. The van der Waals surface area contributed by atoms with Crippen molar-refractivity contribution in [2.45, 2.75) is 44.4 Å². The van der Waals surface area contributed by atoms with Crippen LogP contribution in [0.1, 0.15) is 49.1 Å². The van der Waals surface area contributed by atoms with Crippen molar-refractivity contribution in [1.29, 1.82) is 0 Å². The van der Waals surface area contributed by atoms with E-state index in [9.17, 15) is 23.1 Å². The van der Waals surface area contributed by atoms with Gasteiger partial charge >= 0.3 is 12.3 Å². The molecule has 2 aliphatic carbocycles. The first-order chi connectivity index (χ1) is 14.7. The molecule has 0 spiro atoms. The maximum atomic E-state index is 12.4. The van der Waals surface area contributed by atoms with E-state index < -0.39 is 18.2 Å². The second-order valence-electron chi connectivity index (χ2n) is 8.60. The van der Waals surface area contributed by atoms with E-state index in [4.69, 9.17) is 4.74 Å². The molecule has 2 aromatic carbocycles. The molecule has 2 saturated carbocycles. The van der Waals surface area contributed by atoms with Gasteiger partial charge in [-0.3, -0.25) is 4.79 Å². The Labute approximate surface area is 179 Å². The molecule has 4 nitrogen and oxygen atoms in total. The lowest BCUT2D eigenvalue weighted by Crippen LogP contribution is -2.20. The minimum absolute atomic E-state index is 0.0221. The van der Waals surface area contributed by atoms with Crippen molar-refractivity contribution in [3.63, 3.8) is 0 Å². The lowest BCUT2D eigenvalue weighted by atomic mass is 9.83. The Morgan fingerprint density at radius 2 is 1.84 bits per heavy atom. The number of carboxylic acid groups (broad SMARTS) is 1. The molecule has 31 heavy (non-hydrogen) atoms. The predicted molar refractivity (Wildman–Crippen MR) is 108 cm³/mol. The van der Waals surface area contributed by atoms with Crippen molar-refractivity contribution in [2.75, 3.05) is 6.61 Å². The third-order valence-electron chi connectivity index (χ3n) is 6.21. The van der Waals surface area contributed by atoms with Crippen LogP contribution in [0.2, 0.25) is 0 Å². The zero-order valence-electron chi connectivity index (χ0n) is 17.1. The van der Waals surface area contributed by atoms with Crippen LogP contribution in [0.5, 0.6) is 11.5 Å². The van der Waals surface area contributed by atoms with E-state index in [1.165, 1.54) is 12.1 Å². The van der Waals surface area contributed by atoms with Crippen LogP contribution < -0.4 is 9.47 Å². The monoisotopic (exact) mass is 434 g/mol. The van der Waals surface area contributed by atoms with Gasteiger partial charge in [0.1, 0.15) is 11.5 Å². The number of benzene rings is 2. The fraction of sp³-hybridized carbons (Fsp3) is 0.458. The molecule has 0 aliphatic heterocycles. The average Bonchev–Trinajstić information content (AvgIpc) is 3.61. The van der Waals surface area contributed by atoms with E-state index in [0.29, 0.717) is 18.3 Å². The second kappa shape index (κ2) is 8.44. The Hall–Kier alpha value is -2.70. The number of hydrogen-bond acceptors (Lipinski definition) is 3. The highest BCUT2D eigenvalue weighted by Crippen LogP contribution is 2.49. The summed E-state index contributed by atoms with van der Waals surface area (Å²) in [4.78, 5) is 11.5. The number of carbonyl (C=O) groups is 1. The summed E-state index contributed by atoms with van der Waals surface area (Å²) in [7, 11) is 0.